The van der Waals surface area contributed by atoms with Crippen LogP contribution in [0.1, 0.15) is 36.8 Å². The minimum Gasteiger partial charge on any atom is -0.289 e. The summed E-state index contributed by atoms with van der Waals surface area (Å²) < 4.78 is 17.2. The van der Waals surface area contributed by atoms with Gasteiger partial charge in [0, 0.05) is 18.3 Å². The lowest BCUT2D eigenvalue weighted by Gasteiger charge is -2.36. The maximum absolute atomic E-state index is 13.9. The van der Waals surface area contributed by atoms with Gasteiger partial charge in [-0.1, -0.05) is 12.1 Å². The molecule has 4 rings (SSSR count). The molecule has 3 aromatic rings. The number of hydrogen-bond acceptors (Lipinski definition) is 3. The highest BCUT2D eigenvalue weighted by atomic mass is 19.1. The lowest BCUT2D eigenvalue weighted by atomic mass is 10.1. The van der Waals surface area contributed by atoms with Crippen LogP contribution in [-0.2, 0) is 0 Å². The molecule has 1 amide bonds. The Labute approximate surface area is 144 Å². The molecule has 0 saturated heterocycles. The van der Waals surface area contributed by atoms with Crippen LogP contribution in [0.25, 0.3) is 5.69 Å². The standard InChI is InChI=1S/C18H18FN5O/c1-12-11-13(2)24-17(7-9-20-24)23(12)18(25)15-8-10-22(21-15)16-6-4-3-5-14(16)19/h3-10,12-13H,11H2,1-2H3/t12-,13-/m0/s1. The molecule has 2 atom stereocenters. The molecule has 0 spiro atoms. The summed E-state index contributed by atoms with van der Waals surface area (Å²) in [6.07, 6.45) is 4.11. The highest BCUT2D eigenvalue weighted by Crippen LogP contribution is 2.32. The zero-order valence-electron chi connectivity index (χ0n) is 14.0. The summed E-state index contributed by atoms with van der Waals surface area (Å²) in [6.45, 7) is 4.10. The quantitative estimate of drug-likeness (QED) is 0.720. The molecular weight excluding hydrogens is 321 g/mol. The molecule has 0 saturated carbocycles. The van der Waals surface area contributed by atoms with Gasteiger partial charge in [0.05, 0.1) is 12.2 Å². The Bertz CT molecular complexity index is 931. The van der Waals surface area contributed by atoms with E-state index in [-0.39, 0.29) is 29.5 Å². The van der Waals surface area contributed by atoms with E-state index in [4.69, 9.17) is 0 Å². The van der Waals surface area contributed by atoms with Gasteiger partial charge >= 0.3 is 0 Å². The summed E-state index contributed by atoms with van der Waals surface area (Å²) in [5.41, 5.74) is 0.587. The van der Waals surface area contributed by atoms with Crippen LogP contribution < -0.4 is 4.90 Å². The van der Waals surface area contributed by atoms with Gasteiger partial charge in [0.1, 0.15) is 17.3 Å². The summed E-state index contributed by atoms with van der Waals surface area (Å²) in [5.74, 6) is 0.163. The lowest BCUT2D eigenvalue weighted by Crippen LogP contribution is -2.45. The molecule has 6 nitrogen and oxygen atoms in total. The fraction of sp³-hybridized carbons (Fsp3) is 0.278. The fourth-order valence-corrected chi connectivity index (χ4v) is 3.40. The van der Waals surface area contributed by atoms with Crippen molar-refractivity contribution >= 4 is 11.7 Å². The highest BCUT2D eigenvalue weighted by Gasteiger charge is 2.33. The minimum atomic E-state index is -0.386. The third-order valence-electron chi connectivity index (χ3n) is 4.56. The second-order valence-corrected chi connectivity index (χ2v) is 6.34. The van der Waals surface area contributed by atoms with Crippen molar-refractivity contribution in [2.24, 2.45) is 0 Å². The van der Waals surface area contributed by atoms with E-state index in [9.17, 15) is 9.18 Å². The largest absolute Gasteiger partial charge is 0.289 e. The third kappa shape index (κ3) is 2.52. The van der Waals surface area contributed by atoms with E-state index in [2.05, 4.69) is 17.1 Å². The molecule has 2 aromatic heterocycles. The summed E-state index contributed by atoms with van der Waals surface area (Å²) in [6, 6.07) is 10.0. The van der Waals surface area contributed by atoms with Crippen LogP contribution in [0.4, 0.5) is 10.2 Å². The Kier molecular flexibility index (Phi) is 3.63. The molecule has 0 radical (unpaired) electrons. The summed E-state index contributed by atoms with van der Waals surface area (Å²) in [5, 5.41) is 8.59. The molecule has 7 heteroatoms. The molecule has 1 aromatic carbocycles. The van der Waals surface area contributed by atoms with Crippen LogP contribution in [0.3, 0.4) is 0 Å². The lowest BCUT2D eigenvalue weighted by molar-refractivity contribution is 0.0961. The Morgan fingerprint density at radius 1 is 1.16 bits per heavy atom. The number of fused-ring (bicyclic) bond motifs is 1. The first-order valence-electron chi connectivity index (χ1n) is 8.24. The molecule has 0 aliphatic carbocycles. The highest BCUT2D eigenvalue weighted by molar-refractivity contribution is 6.04. The number of amides is 1. The molecule has 0 fully saturated rings. The van der Waals surface area contributed by atoms with Crippen molar-refractivity contribution < 1.29 is 9.18 Å². The first-order chi connectivity index (χ1) is 12.1. The fourth-order valence-electron chi connectivity index (χ4n) is 3.40. The van der Waals surface area contributed by atoms with Gasteiger partial charge in [-0.25, -0.2) is 13.8 Å². The smallest absolute Gasteiger partial charge is 0.280 e. The first kappa shape index (κ1) is 15.6. The summed E-state index contributed by atoms with van der Waals surface area (Å²) in [7, 11) is 0. The number of anilines is 1. The maximum atomic E-state index is 13.9. The van der Waals surface area contributed by atoms with Gasteiger partial charge in [0.15, 0.2) is 5.69 Å². The number of carbonyl (C=O) groups is 1. The Morgan fingerprint density at radius 2 is 1.96 bits per heavy atom. The van der Waals surface area contributed by atoms with Gasteiger partial charge in [-0.3, -0.25) is 9.69 Å². The van der Waals surface area contributed by atoms with Gasteiger partial charge in [0.25, 0.3) is 5.91 Å². The van der Waals surface area contributed by atoms with E-state index in [1.54, 1.807) is 41.6 Å². The number of hydrogen-bond donors (Lipinski definition) is 0. The van der Waals surface area contributed by atoms with E-state index in [0.29, 0.717) is 5.69 Å². The van der Waals surface area contributed by atoms with E-state index in [1.807, 2.05) is 17.7 Å². The van der Waals surface area contributed by atoms with Crippen LogP contribution in [-0.4, -0.2) is 31.5 Å². The van der Waals surface area contributed by atoms with Gasteiger partial charge < -0.3 is 0 Å². The number of halogens is 1. The van der Waals surface area contributed by atoms with Crippen molar-refractivity contribution in [1.29, 1.82) is 0 Å². The summed E-state index contributed by atoms with van der Waals surface area (Å²) in [4.78, 5) is 14.7. The van der Waals surface area contributed by atoms with Gasteiger partial charge in [-0.15, -0.1) is 0 Å². The molecule has 3 heterocycles. The van der Waals surface area contributed by atoms with Crippen molar-refractivity contribution in [1.82, 2.24) is 19.6 Å². The van der Waals surface area contributed by atoms with Gasteiger partial charge in [-0.2, -0.15) is 10.2 Å². The third-order valence-corrected chi connectivity index (χ3v) is 4.56. The first-order valence-corrected chi connectivity index (χ1v) is 8.24. The predicted octanol–water partition coefficient (Wildman–Crippen LogP) is 3.21. The van der Waals surface area contributed by atoms with Gasteiger partial charge in [-0.05, 0) is 38.5 Å². The average molecular weight is 339 g/mol. The van der Waals surface area contributed by atoms with Crippen LogP contribution in [0.5, 0.6) is 0 Å². The van der Waals surface area contributed by atoms with Crippen LogP contribution in [0.15, 0.2) is 48.8 Å². The number of carbonyl (C=O) groups excluding carboxylic acids is 1. The van der Waals surface area contributed by atoms with Crippen molar-refractivity contribution in [3.8, 4) is 5.69 Å². The topological polar surface area (TPSA) is 56.0 Å². The SMILES string of the molecule is C[C@H]1C[C@H](C)n2nccc2N1C(=O)c1ccn(-c2ccccc2F)n1. The molecule has 1 aliphatic rings. The van der Waals surface area contributed by atoms with Gasteiger partial charge in [0.2, 0.25) is 0 Å². The van der Waals surface area contributed by atoms with E-state index in [1.165, 1.54) is 10.7 Å². The van der Waals surface area contributed by atoms with Crippen LogP contribution >= 0.6 is 0 Å². The Hall–Kier alpha value is -2.96. The minimum absolute atomic E-state index is 0.0327. The zero-order valence-corrected chi connectivity index (χ0v) is 14.0. The van der Waals surface area contributed by atoms with Crippen LogP contribution in [0.2, 0.25) is 0 Å². The second-order valence-electron chi connectivity index (χ2n) is 6.34. The van der Waals surface area contributed by atoms with Crippen molar-refractivity contribution in [3.05, 3.63) is 60.3 Å². The Balaban J connectivity index is 1.69. The molecule has 1 aliphatic heterocycles. The molecular formula is C18H18FN5O. The number of para-hydroxylation sites is 1. The number of aromatic nitrogens is 4. The molecule has 128 valence electrons. The predicted molar refractivity (Wildman–Crippen MR) is 91.3 cm³/mol. The van der Waals surface area contributed by atoms with E-state index < -0.39 is 0 Å². The number of nitrogens with zero attached hydrogens (tertiary/aromatic N) is 5. The summed E-state index contributed by atoms with van der Waals surface area (Å²) >= 11 is 0. The Morgan fingerprint density at radius 3 is 2.76 bits per heavy atom. The van der Waals surface area contributed by atoms with E-state index >= 15 is 0 Å². The van der Waals surface area contributed by atoms with Crippen LogP contribution in [0, 0.1) is 5.82 Å². The monoisotopic (exact) mass is 339 g/mol. The molecule has 0 bridgehead atoms. The molecule has 0 unspecified atom stereocenters. The van der Waals surface area contributed by atoms with Crippen molar-refractivity contribution in [3.63, 3.8) is 0 Å². The van der Waals surface area contributed by atoms with Crippen molar-refractivity contribution in [2.45, 2.75) is 32.4 Å². The zero-order chi connectivity index (χ0) is 17.6. The number of rotatable bonds is 2. The second kappa shape index (κ2) is 5.84. The van der Waals surface area contributed by atoms with Crippen molar-refractivity contribution in [2.75, 3.05) is 4.90 Å². The number of benzene rings is 1. The normalized spacial score (nSPS) is 19.7. The molecule has 0 N–H and O–H groups in total. The maximum Gasteiger partial charge on any atom is 0.280 e. The van der Waals surface area contributed by atoms with E-state index in [0.717, 1.165) is 12.2 Å². The molecule has 25 heavy (non-hydrogen) atoms. The average Bonchev–Trinajstić information content (AvgIpc) is 3.24.